The van der Waals surface area contributed by atoms with Crippen molar-refractivity contribution in [3.8, 4) is 5.75 Å². The van der Waals surface area contributed by atoms with Gasteiger partial charge in [0.05, 0.1) is 30.7 Å². The predicted molar refractivity (Wildman–Crippen MR) is 107 cm³/mol. The monoisotopic (exact) mass is 419 g/mol. The van der Waals surface area contributed by atoms with Crippen molar-refractivity contribution in [3.63, 3.8) is 0 Å². The maximum Gasteiger partial charge on any atom is 0.250 e. The number of methoxy groups -OCH3 is 1. The van der Waals surface area contributed by atoms with Gasteiger partial charge in [-0.3, -0.25) is 0 Å². The highest BCUT2D eigenvalue weighted by atomic mass is 35.5. The molecule has 0 saturated carbocycles. The first-order valence-electron chi connectivity index (χ1n) is 8.70. The Labute approximate surface area is 167 Å². The van der Waals surface area contributed by atoms with Crippen LogP contribution in [0.1, 0.15) is 30.7 Å². The number of rotatable bonds is 5. The van der Waals surface area contributed by atoms with Crippen molar-refractivity contribution in [2.24, 2.45) is 5.10 Å². The average molecular weight is 420 g/mol. The summed E-state index contributed by atoms with van der Waals surface area (Å²) in [5.41, 5.74) is 1.82. The van der Waals surface area contributed by atoms with Crippen LogP contribution in [0.25, 0.3) is 10.9 Å². The Bertz CT molecular complexity index is 1160. The third kappa shape index (κ3) is 3.22. The summed E-state index contributed by atoms with van der Waals surface area (Å²) in [5, 5.41) is 5.41. The van der Waals surface area contributed by atoms with Crippen molar-refractivity contribution < 1.29 is 17.6 Å². The molecule has 0 spiro atoms. The first-order chi connectivity index (χ1) is 13.4. The molecule has 0 aliphatic carbocycles. The number of fused-ring (bicyclic) bond motifs is 1. The second kappa shape index (κ2) is 7.10. The van der Waals surface area contributed by atoms with Crippen LogP contribution in [-0.4, -0.2) is 36.4 Å². The summed E-state index contributed by atoms with van der Waals surface area (Å²) in [7, 11) is -2.02. The summed E-state index contributed by atoms with van der Waals surface area (Å²) < 4.78 is 37.1. The van der Waals surface area contributed by atoms with Gasteiger partial charge >= 0.3 is 0 Å². The minimum Gasteiger partial charge on any atom is -0.497 e. The van der Waals surface area contributed by atoms with E-state index in [9.17, 15) is 8.42 Å². The lowest BCUT2D eigenvalue weighted by molar-refractivity contribution is 0.372. The predicted octanol–water partition coefficient (Wildman–Crippen LogP) is 3.99. The maximum atomic E-state index is 12.7. The number of sulfonamides is 1. The van der Waals surface area contributed by atoms with Crippen LogP contribution in [-0.2, 0) is 10.0 Å². The van der Waals surface area contributed by atoms with Crippen LogP contribution in [0.5, 0.6) is 5.75 Å². The molecule has 1 aliphatic rings. The Hall–Kier alpha value is -2.58. The molecular formula is C19H18ClN3O4S. The van der Waals surface area contributed by atoms with Crippen LogP contribution in [0.4, 0.5) is 0 Å². The van der Waals surface area contributed by atoms with Gasteiger partial charge in [-0.25, -0.2) is 13.4 Å². The van der Waals surface area contributed by atoms with Gasteiger partial charge in [-0.1, -0.05) is 11.6 Å². The van der Waals surface area contributed by atoms with E-state index in [1.165, 1.54) is 6.26 Å². The van der Waals surface area contributed by atoms with E-state index in [2.05, 4.69) is 10.1 Å². The lowest BCUT2D eigenvalue weighted by atomic mass is 10.0. The molecule has 0 bridgehead atoms. The summed E-state index contributed by atoms with van der Waals surface area (Å²) >= 11 is 6.46. The van der Waals surface area contributed by atoms with Crippen LogP contribution < -0.4 is 4.74 Å². The Morgan fingerprint density at radius 1 is 1.32 bits per heavy atom. The molecule has 2 aromatic heterocycles. The van der Waals surface area contributed by atoms with E-state index >= 15 is 0 Å². The molecule has 3 heterocycles. The number of aromatic nitrogens is 1. The van der Waals surface area contributed by atoms with Crippen molar-refractivity contribution >= 4 is 38.2 Å². The lowest BCUT2D eigenvalue weighted by Crippen LogP contribution is -2.28. The second-order valence-electron chi connectivity index (χ2n) is 6.34. The molecule has 7 nitrogen and oxygen atoms in total. The highest BCUT2D eigenvalue weighted by Crippen LogP contribution is 2.39. The highest BCUT2D eigenvalue weighted by molar-refractivity contribution is 7.89. The first kappa shape index (κ1) is 18.8. The minimum atomic E-state index is -3.60. The molecule has 0 unspecified atom stereocenters. The van der Waals surface area contributed by atoms with E-state index in [0.29, 0.717) is 34.7 Å². The Morgan fingerprint density at radius 2 is 2.14 bits per heavy atom. The highest BCUT2D eigenvalue weighted by Gasteiger charge is 2.38. The Morgan fingerprint density at radius 3 is 2.82 bits per heavy atom. The zero-order valence-corrected chi connectivity index (χ0v) is 16.9. The molecule has 0 N–H and O–H groups in total. The number of hydrogen-bond donors (Lipinski definition) is 0. The van der Waals surface area contributed by atoms with Gasteiger partial charge in [-0.05, 0) is 37.3 Å². The van der Waals surface area contributed by atoms with E-state index in [1.54, 1.807) is 32.2 Å². The number of pyridine rings is 1. The topological polar surface area (TPSA) is 85.0 Å². The van der Waals surface area contributed by atoms with Gasteiger partial charge in [0.2, 0.25) is 10.0 Å². The molecular weight excluding hydrogens is 402 g/mol. The molecule has 4 rings (SSSR count). The van der Waals surface area contributed by atoms with Crippen molar-refractivity contribution in [3.05, 3.63) is 59.1 Å². The Balaban J connectivity index is 1.81. The first-order valence-corrected chi connectivity index (χ1v) is 10.7. The van der Waals surface area contributed by atoms with Crippen LogP contribution in [0.3, 0.4) is 0 Å². The average Bonchev–Trinajstić information content (AvgIpc) is 3.36. The molecule has 3 aromatic rings. The molecule has 28 heavy (non-hydrogen) atoms. The summed E-state index contributed by atoms with van der Waals surface area (Å²) in [5.74, 6) is 1.13. The number of furan rings is 1. The maximum absolute atomic E-state index is 12.7. The van der Waals surface area contributed by atoms with Crippen LogP contribution >= 0.6 is 11.6 Å². The fraction of sp³-hybridized carbons (Fsp3) is 0.263. The number of halogens is 1. The lowest BCUT2D eigenvalue weighted by Gasteiger charge is -2.23. The fourth-order valence-corrected chi connectivity index (χ4v) is 4.54. The molecule has 0 saturated heterocycles. The van der Waals surface area contributed by atoms with Gasteiger partial charge in [-0.15, -0.1) is 0 Å². The fourth-order valence-electron chi connectivity index (χ4n) is 3.20. The van der Waals surface area contributed by atoms with E-state index in [-0.39, 0.29) is 10.9 Å². The van der Waals surface area contributed by atoms with Gasteiger partial charge in [0.15, 0.2) is 0 Å². The quantitative estimate of drug-likeness (QED) is 0.583. The SMILES string of the molecule is CCS(=O)(=O)N1N=C(c2ccco2)C[C@H]1c1cc2ccc(OC)cc2nc1Cl. The van der Waals surface area contributed by atoms with Crippen LogP contribution in [0.2, 0.25) is 5.15 Å². The third-order valence-electron chi connectivity index (χ3n) is 4.69. The number of nitrogens with zero attached hydrogens (tertiary/aromatic N) is 3. The van der Waals surface area contributed by atoms with Crippen molar-refractivity contribution in [2.45, 2.75) is 19.4 Å². The minimum absolute atomic E-state index is 0.0751. The summed E-state index contributed by atoms with van der Waals surface area (Å²) in [6.07, 6.45) is 1.87. The van der Waals surface area contributed by atoms with Gasteiger partial charge in [-0.2, -0.15) is 9.52 Å². The summed E-state index contributed by atoms with van der Waals surface area (Å²) in [6.45, 7) is 1.58. The van der Waals surface area contributed by atoms with Gasteiger partial charge < -0.3 is 9.15 Å². The summed E-state index contributed by atoms with van der Waals surface area (Å²) in [6, 6.07) is 10.2. The number of hydrogen-bond acceptors (Lipinski definition) is 6. The van der Waals surface area contributed by atoms with Gasteiger partial charge in [0.1, 0.15) is 22.4 Å². The zero-order chi connectivity index (χ0) is 19.9. The van der Waals surface area contributed by atoms with E-state index in [4.69, 9.17) is 20.8 Å². The van der Waals surface area contributed by atoms with E-state index in [1.807, 2.05) is 18.2 Å². The molecule has 9 heteroatoms. The molecule has 0 fully saturated rings. The van der Waals surface area contributed by atoms with E-state index < -0.39 is 16.1 Å². The van der Waals surface area contributed by atoms with Gasteiger partial charge in [0, 0.05) is 23.4 Å². The number of benzene rings is 1. The smallest absolute Gasteiger partial charge is 0.250 e. The molecule has 0 radical (unpaired) electrons. The molecule has 146 valence electrons. The second-order valence-corrected chi connectivity index (χ2v) is 8.82. The van der Waals surface area contributed by atoms with Gasteiger partial charge in [0.25, 0.3) is 0 Å². The van der Waals surface area contributed by atoms with Crippen molar-refractivity contribution in [1.82, 2.24) is 9.40 Å². The van der Waals surface area contributed by atoms with Crippen molar-refractivity contribution in [1.29, 1.82) is 0 Å². The molecule has 1 aromatic carbocycles. The number of ether oxygens (including phenoxy) is 1. The Kier molecular flexibility index (Phi) is 4.76. The molecule has 0 amide bonds. The van der Waals surface area contributed by atoms with Crippen molar-refractivity contribution in [2.75, 3.05) is 12.9 Å². The number of hydrazone groups is 1. The van der Waals surface area contributed by atoms with Crippen LogP contribution in [0.15, 0.2) is 52.2 Å². The normalized spacial score (nSPS) is 17.2. The standard InChI is InChI=1S/C19H18ClN3O4S/c1-3-28(24,25)23-17(11-16(22-23)18-5-4-8-27-18)14-9-12-6-7-13(26-2)10-15(12)21-19(14)20/h4-10,17H,3,11H2,1-2H3/t17-/m0/s1. The third-order valence-corrected chi connectivity index (χ3v) is 6.63. The van der Waals surface area contributed by atoms with E-state index in [0.717, 1.165) is 9.80 Å². The van der Waals surface area contributed by atoms with Crippen LogP contribution in [0, 0.1) is 0 Å². The molecule has 1 atom stereocenters. The largest absolute Gasteiger partial charge is 0.497 e. The zero-order valence-electron chi connectivity index (χ0n) is 15.3. The molecule has 1 aliphatic heterocycles. The summed E-state index contributed by atoms with van der Waals surface area (Å²) in [4.78, 5) is 4.45.